The lowest BCUT2D eigenvalue weighted by Crippen LogP contribution is -2.15. The molecule has 0 amide bonds. The molecule has 18 heavy (non-hydrogen) atoms. The smallest absolute Gasteiger partial charge is 0.305 e. The maximum atomic E-state index is 11.0. The van der Waals surface area contributed by atoms with Crippen molar-refractivity contribution in [2.45, 2.75) is 59.3 Å². The molecule has 0 aromatic carbocycles. The summed E-state index contributed by atoms with van der Waals surface area (Å²) in [6, 6.07) is 0. The molecule has 0 aromatic rings. The second-order valence-corrected chi connectivity index (χ2v) is 6.23. The summed E-state index contributed by atoms with van der Waals surface area (Å²) in [5, 5.41) is 0. The monoisotopic (exact) mass is 258 g/mol. The number of rotatable bonds is 9. The Morgan fingerprint density at radius 1 is 1.11 bits per heavy atom. The van der Waals surface area contributed by atoms with Crippen molar-refractivity contribution in [2.24, 2.45) is 11.3 Å². The number of hydrogen-bond acceptors (Lipinski definition) is 3. The van der Waals surface area contributed by atoms with Crippen LogP contribution in [-0.2, 0) is 14.3 Å². The molecule has 0 radical (unpaired) electrons. The Labute approximate surface area is 112 Å². The predicted octanol–water partition coefficient (Wildman–Crippen LogP) is 3.81. The fourth-order valence-electron chi connectivity index (χ4n) is 2.30. The molecule has 0 unspecified atom stereocenters. The number of carbonyl (C=O) groups is 1. The van der Waals surface area contributed by atoms with Crippen LogP contribution in [-0.4, -0.2) is 26.8 Å². The summed E-state index contributed by atoms with van der Waals surface area (Å²) < 4.78 is 9.82. The zero-order valence-electron chi connectivity index (χ0n) is 12.8. The second kappa shape index (κ2) is 9.37. The Kier molecular flexibility index (Phi) is 9.08. The van der Waals surface area contributed by atoms with Crippen molar-refractivity contribution in [2.75, 3.05) is 20.8 Å². The van der Waals surface area contributed by atoms with E-state index in [0.29, 0.717) is 17.8 Å². The topological polar surface area (TPSA) is 35.5 Å². The van der Waals surface area contributed by atoms with Crippen LogP contribution < -0.4 is 0 Å². The fourth-order valence-corrected chi connectivity index (χ4v) is 2.30. The first kappa shape index (κ1) is 17.4. The van der Waals surface area contributed by atoms with E-state index in [1.165, 1.54) is 20.0 Å². The first-order valence-corrected chi connectivity index (χ1v) is 6.95. The third kappa shape index (κ3) is 10.6. The zero-order valence-corrected chi connectivity index (χ0v) is 12.8. The highest BCUT2D eigenvalue weighted by atomic mass is 16.5. The van der Waals surface area contributed by atoms with Gasteiger partial charge in [-0.2, -0.15) is 0 Å². The quantitative estimate of drug-likeness (QED) is 0.466. The van der Waals surface area contributed by atoms with Gasteiger partial charge in [-0.3, -0.25) is 4.79 Å². The number of esters is 1. The van der Waals surface area contributed by atoms with Crippen molar-refractivity contribution in [3.05, 3.63) is 0 Å². The van der Waals surface area contributed by atoms with E-state index in [-0.39, 0.29) is 5.97 Å². The largest absolute Gasteiger partial charge is 0.469 e. The molecule has 3 nitrogen and oxygen atoms in total. The van der Waals surface area contributed by atoms with Crippen LogP contribution in [0.15, 0.2) is 0 Å². The van der Waals surface area contributed by atoms with E-state index in [9.17, 15) is 4.79 Å². The number of ether oxygens (including phenoxy) is 2. The van der Waals surface area contributed by atoms with E-state index in [1.807, 2.05) is 0 Å². The summed E-state index contributed by atoms with van der Waals surface area (Å²) >= 11 is 0. The van der Waals surface area contributed by atoms with E-state index in [1.54, 1.807) is 7.11 Å². The van der Waals surface area contributed by atoms with E-state index < -0.39 is 0 Å². The van der Waals surface area contributed by atoms with Crippen molar-refractivity contribution in [3.63, 3.8) is 0 Å². The molecule has 3 heteroatoms. The van der Waals surface area contributed by atoms with Crippen molar-refractivity contribution < 1.29 is 14.3 Å². The van der Waals surface area contributed by atoms with Crippen molar-refractivity contribution in [1.82, 2.24) is 0 Å². The molecular formula is C15H30O3. The molecule has 0 heterocycles. The molecule has 0 fully saturated rings. The van der Waals surface area contributed by atoms with Crippen LogP contribution >= 0.6 is 0 Å². The third-order valence-corrected chi connectivity index (χ3v) is 3.10. The zero-order chi connectivity index (χ0) is 14.0. The average Bonchev–Trinajstić information content (AvgIpc) is 2.29. The van der Waals surface area contributed by atoms with Gasteiger partial charge >= 0.3 is 5.97 Å². The molecule has 0 N–H and O–H groups in total. The highest BCUT2D eigenvalue weighted by Gasteiger charge is 2.18. The lowest BCUT2D eigenvalue weighted by Gasteiger charge is -2.26. The lowest BCUT2D eigenvalue weighted by molar-refractivity contribution is -0.140. The van der Waals surface area contributed by atoms with Gasteiger partial charge in [0.25, 0.3) is 0 Å². The van der Waals surface area contributed by atoms with Gasteiger partial charge in [-0.25, -0.2) is 0 Å². The third-order valence-electron chi connectivity index (χ3n) is 3.10. The molecule has 0 aromatic heterocycles. The molecule has 108 valence electrons. The molecule has 0 aliphatic carbocycles. The van der Waals surface area contributed by atoms with Crippen molar-refractivity contribution in [1.29, 1.82) is 0 Å². The summed E-state index contributed by atoms with van der Waals surface area (Å²) in [6.45, 7) is 7.67. The van der Waals surface area contributed by atoms with Gasteiger partial charge in [0, 0.05) is 20.1 Å². The molecule has 0 rings (SSSR count). The molecule has 0 bridgehead atoms. The Morgan fingerprint density at radius 2 is 1.78 bits per heavy atom. The predicted molar refractivity (Wildman–Crippen MR) is 74.5 cm³/mol. The van der Waals surface area contributed by atoms with Gasteiger partial charge in [-0.15, -0.1) is 0 Å². The Bertz CT molecular complexity index is 218. The van der Waals surface area contributed by atoms with Crippen molar-refractivity contribution >= 4 is 5.97 Å². The SMILES string of the molecule is COCC[C@@H](CCCCC(=O)OC)CC(C)(C)C. The van der Waals surface area contributed by atoms with Crippen LogP contribution in [0.2, 0.25) is 0 Å². The number of unbranched alkanes of at least 4 members (excludes halogenated alkanes) is 1. The van der Waals surface area contributed by atoms with Gasteiger partial charge in [0.15, 0.2) is 0 Å². The first-order chi connectivity index (χ1) is 8.39. The lowest BCUT2D eigenvalue weighted by atomic mass is 9.81. The van der Waals surface area contributed by atoms with Crippen LogP contribution in [0.1, 0.15) is 59.3 Å². The first-order valence-electron chi connectivity index (χ1n) is 6.95. The van der Waals surface area contributed by atoms with Crippen molar-refractivity contribution in [3.8, 4) is 0 Å². The van der Waals surface area contributed by atoms with Crippen LogP contribution in [0.5, 0.6) is 0 Å². The minimum absolute atomic E-state index is 0.0979. The average molecular weight is 258 g/mol. The highest BCUT2D eigenvalue weighted by Crippen LogP contribution is 2.29. The van der Waals surface area contributed by atoms with Crippen LogP contribution in [0.25, 0.3) is 0 Å². The fraction of sp³-hybridized carbons (Fsp3) is 0.933. The van der Waals surface area contributed by atoms with Crippen LogP contribution in [0, 0.1) is 11.3 Å². The van der Waals surface area contributed by atoms with Gasteiger partial charge < -0.3 is 9.47 Å². The Balaban J connectivity index is 3.89. The summed E-state index contributed by atoms with van der Waals surface area (Å²) in [5.41, 5.74) is 0.362. The van der Waals surface area contributed by atoms with Gasteiger partial charge in [-0.1, -0.05) is 33.6 Å². The number of methoxy groups -OCH3 is 2. The van der Waals surface area contributed by atoms with Gasteiger partial charge in [0.1, 0.15) is 0 Å². The van der Waals surface area contributed by atoms with Gasteiger partial charge in [0.05, 0.1) is 7.11 Å². The Morgan fingerprint density at radius 3 is 2.28 bits per heavy atom. The maximum absolute atomic E-state index is 11.0. The van der Waals surface area contributed by atoms with E-state index in [2.05, 4.69) is 25.5 Å². The Hall–Kier alpha value is -0.570. The summed E-state index contributed by atoms with van der Waals surface area (Å²) in [4.78, 5) is 11.0. The minimum Gasteiger partial charge on any atom is -0.469 e. The molecule has 0 aliphatic rings. The van der Waals surface area contributed by atoms with E-state index in [0.717, 1.165) is 25.9 Å². The highest BCUT2D eigenvalue weighted by molar-refractivity contribution is 5.68. The summed E-state index contributed by atoms with van der Waals surface area (Å²) in [5.74, 6) is 0.599. The molecule has 0 saturated heterocycles. The minimum atomic E-state index is -0.0979. The van der Waals surface area contributed by atoms with E-state index in [4.69, 9.17) is 4.74 Å². The molecular weight excluding hydrogens is 228 g/mol. The molecule has 0 saturated carbocycles. The molecule has 0 spiro atoms. The van der Waals surface area contributed by atoms with E-state index >= 15 is 0 Å². The summed E-state index contributed by atoms with van der Waals surface area (Å²) in [7, 11) is 3.20. The van der Waals surface area contributed by atoms with Gasteiger partial charge in [0.2, 0.25) is 0 Å². The normalized spacial score (nSPS) is 13.4. The maximum Gasteiger partial charge on any atom is 0.305 e. The number of carbonyl (C=O) groups excluding carboxylic acids is 1. The standard InChI is InChI=1S/C15H30O3/c1-15(2,3)12-13(10-11-17-4)8-6-7-9-14(16)18-5/h13H,6-12H2,1-5H3/t13-/m1/s1. The van der Waals surface area contributed by atoms with Crippen LogP contribution in [0.4, 0.5) is 0 Å². The van der Waals surface area contributed by atoms with Crippen LogP contribution in [0.3, 0.4) is 0 Å². The number of hydrogen-bond donors (Lipinski definition) is 0. The summed E-state index contributed by atoms with van der Waals surface area (Å²) in [6.07, 6.45) is 6.08. The second-order valence-electron chi connectivity index (χ2n) is 6.23. The van der Waals surface area contributed by atoms with Gasteiger partial charge in [-0.05, 0) is 30.6 Å². The molecule has 0 aliphatic heterocycles. The molecule has 1 atom stereocenters.